The van der Waals surface area contributed by atoms with E-state index in [-0.39, 0.29) is 5.69 Å². The Bertz CT molecular complexity index is 960. The summed E-state index contributed by atoms with van der Waals surface area (Å²) in [6.45, 7) is 1.74. The summed E-state index contributed by atoms with van der Waals surface area (Å²) in [5.74, 6) is -0.412. The van der Waals surface area contributed by atoms with Crippen LogP contribution >= 0.6 is 34.8 Å². The number of carbonyl (C=O) groups is 1. The Labute approximate surface area is 165 Å². The van der Waals surface area contributed by atoms with E-state index in [0.29, 0.717) is 32.0 Å². The number of nitrogens with zero attached hydrogens (tertiary/aromatic N) is 2. The number of rotatable bonds is 4. The fraction of sp³-hybridized carbons (Fsp3) is 0.0556. The third-order valence-corrected chi connectivity index (χ3v) is 4.26. The lowest BCUT2D eigenvalue weighted by atomic mass is 10.1. The topological polar surface area (TPSA) is 70.1 Å². The van der Waals surface area contributed by atoms with E-state index < -0.39 is 5.91 Å². The number of H-pyrrole nitrogens is 1. The first kappa shape index (κ1) is 18.5. The summed E-state index contributed by atoms with van der Waals surface area (Å²) in [7, 11) is 0. The predicted octanol–water partition coefficient (Wildman–Crippen LogP) is 5.19. The second-order valence-electron chi connectivity index (χ2n) is 5.47. The maximum absolute atomic E-state index is 12.3. The maximum Gasteiger partial charge on any atom is 0.289 e. The van der Waals surface area contributed by atoms with E-state index in [1.54, 1.807) is 43.3 Å². The molecular weight excluding hydrogens is 395 g/mol. The van der Waals surface area contributed by atoms with Gasteiger partial charge in [-0.05, 0) is 43.3 Å². The highest BCUT2D eigenvalue weighted by molar-refractivity contribution is 6.35. The third-order valence-electron chi connectivity index (χ3n) is 3.57. The molecule has 0 saturated heterocycles. The lowest BCUT2D eigenvalue weighted by Gasteiger charge is -2.03. The molecular formula is C18H13Cl3N4O. The van der Waals surface area contributed by atoms with Crippen molar-refractivity contribution >= 4 is 46.4 Å². The van der Waals surface area contributed by atoms with Gasteiger partial charge in [-0.3, -0.25) is 9.89 Å². The van der Waals surface area contributed by atoms with E-state index in [9.17, 15) is 4.79 Å². The monoisotopic (exact) mass is 406 g/mol. The molecule has 0 radical (unpaired) electrons. The lowest BCUT2D eigenvalue weighted by molar-refractivity contribution is 0.0950. The van der Waals surface area contributed by atoms with Crippen molar-refractivity contribution < 1.29 is 4.79 Å². The van der Waals surface area contributed by atoms with Gasteiger partial charge in [0.15, 0.2) is 0 Å². The van der Waals surface area contributed by atoms with Crippen LogP contribution in [-0.2, 0) is 0 Å². The van der Waals surface area contributed by atoms with Crippen LogP contribution in [0.5, 0.6) is 0 Å². The number of carbonyl (C=O) groups excluding carboxylic acids is 1. The predicted molar refractivity (Wildman–Crippen MR) is 105 cm³/mol. The summed E-state index contributed by atoms with van der Waals surface area (Å²) < 4.78 is 0. The van der Waals surface area contributed by atoms with E-state index in [0.717, 1.165) is 5.56 Å². The standard InChI is InChI=1S/C18H13Cl3N4O/c1-10(12-6-14(20)8-15(21)7-12)22-25-18(26)17-9-16(23-24-17)11-2-4-13(19)5-3-11/h2-9H,1H3,(H,23,24)(H,25,26)/b22-10-. The SMILES string of the molecule is C/C(=N/NC(=O)c1cc(-c2ccc(Cl)cc2)n[nH]1)c1cc(Cl)cc(Cl)c1. The van der Waals surface area contributed by atoms with E-state index >= 15 is 0 Å². The molecule has 3 rings (SSSR count). The molecule has 1 amide bonds. The number of aromatic nitrogens is 2. The smallest absolute Gasteiger partial charge is 0.272 e. The van der Waals surface area contributed by atoms with Crippen molar-refractivity contribution in [3.63, 3.8) is 0 Å². The zero-order valence-electron chi connectivity index (χ0n) is 13.6. The third kappa shape index (κ3) is 4.43. The minimum atomic E-state index is -0.412. The lowest BCUT2D eigenvalue weighted by Crippen LogP contribution is -2.19. The van der Waals surface area contributed by atoms with Gasteiger partial charge in [0.2, 0.25) is 0 Å². The maximum atomic E-state index is 12.3. The first-order chi connectivity index (χ1) is 12.4. The normalized spacial score (nSPS) is 11.5. The van der Waals surface area contributed by atoms with Crippen molar-refractivity contribution in [3.8, 4) is 11.3 Å². The summed E-state index contributed by atoms with van der Waals surface area (Å²) in [4.78, 5) is 12.3. The van der Waals surface area contributed by atoms with Crippen LogP contribution in [0.15, 0.2) is 53.6 Å². The van der Waals surface area contributed by atoms with Crippen LogP contribution in [-0.4, -0.2) is 21.8 Å². The van der Waals surface area contributed by atoms with Crippen molar-refractivity contribution in [1.82, 2.24) is 15.6 Å². The zero-order valence-corrected chi connectivity index (χ0v) is 15.8. The van der Waals surface area contributed by atoms with Gasteiger partial charge in [-0.15, -0.1) is 0 Å². The molecule has 0 atom stereocenters. The van der Waals surface area contributed by atoms with Crippen LogP contribution < -0.4 is 5.43 Å². The van der Waals surface area contributed by atoms with Gasteiger partial charge in [0.25, 0.3) is 5.91 Å². The second-order valence-corrected chi connectivity index (χ2v) is 6.78. The van der Waals surface area contributed by atoms with Crippen LogP contribution in [0.1, 0.15) is 23.0 Å². The highest BCUT2D eigenvalue weighted by Gasteiger charge is 2.11. The molecule has 3 aromatic rings. The first-order valence-corrected chi connectivity index (χ1v) is 8.68. The molecule has 1 heterocycles. The van der Waals surface area contributed by atoms with Crippen LogP contribution in [0.25, 0.3) is 11.3 Å². The Balaban J connectivity index is 1.73. The van der Waals surface area contributed by atoms with Gasteiger partial charge in [-0.1, -0.05) is 46.9 Å². The number of hydrogen-bond donors (Lipinski definition) is 2. The Morgan fingerprint density at radius 1 is 1.00 bits per heavy atom. The van der Waals surface area contributed by atoms with Crippen molar-refractivity contribution in [2.75, 3.05) is 0 Å². The van der Waals surface area contributed by atoms with Gasteiger partial charge in [-0.25, -0.2) is 5.43 Å². The molecule has 0 saturated carbocycles. The van der Waals surface area contributed by atoms with Crippen molar-refractivity contribution in [2.24, 2.45) is 5.10 Å². The molecule has 0 fully saturated rings. The Hall–Kier alpha value is -2.34. The van der Waals surface area contributed by atoms with Crippen LogP contribution in [0.2, 0.25) is 15.1 Å². The molecule has 8 heteroatoms. The van der Waals surface area contributed by atoms with E-state index in [2.05, 4.69) is 20.7 Å². The Morgan fingerprint density at radius 2 is 1.65 bits per heavy atom. The number of benzene rings is 2. The molecule has 2 aromatic carbocycles. The molecule has 0 aliphatic carbocycles. The Kier molecular flexibility index (Phi) is 5.61. The van der Waals surface area contributed by atoms with Crippen molar-refractivity contribution in [2.45, 2.75) is 6.92 Å². The molecule has 26 heavy (non-hydrogen) atoms. The molecule has 132 valence electrons. The first-order valence-electron chi connectivity index (χ1n) is 7.55. The summed E-state index contributed by atoms with van der Waals surface area (Å²) in [6.07, 6.45) is 0. The summed E-state index contributed by atoms with van der Waals surface area (Å²) >= 11 is 17.8. The van der Waals surface area contributed by atoms with Gasteiger partial charge in [0, 0.05) is 26.2 Å². The number of halogens is 3. The molecule has 0 aliphatic heterocycles. The average molecular weight is 408 g/mol. The second kappa shape index (κ2) is 7.91. The number of aromatic amines is 1. The molecule has 0 unspecified atom stereocenters. The highest BCUT2D eigenvalue weighted by atomic mass is 35.5. The fourth-order valence-corrected chi connectivity index (χ4v) is 2.88. The number of amides is 1. The zero-order chi connectivity index (χ0) is 18.7. The largest absolute Gasteiger partial charge is 0.289 e. The molecule has 5 nitrogen and oxygen atoms in total. The van der Waals surface area contributed by atoms with Crippen molar-refractivity contribution in [1.29, 1.82) is 0 Å². The van der Waals surface area contributed by atoms with Gasteiger partial charge >= 0.3 is 0 Å². The van der Waals surface area contributed by atoms with Crippen molar-refractivity contribution in [3.05, 3.63) is 74.9 Å². The number of hydrazone groups is 1. The quantitative estimate of drug-likeness (QED) is 0.461. The molecule has 2 N–H and O–H groups in total. The molecule has 1 aromatic heterocycles. The van der Waals surface area contributed by atoms with Gasteiger partial charge in [0.05, 0.1) is 11.4 Å². The van der Waals surface area contributed by atoms with Crippen LogP contribution in [0, 0.1) is 0 Å². The summed E-state index contributed by atoms with van der Waals surface area (Å²) in [6, 6.07) is 13.9. The summed E-state index contributed by atoms with van der Waals surface area (Å²) in [5, 5.41) is 12.5. The van der Waals surface area contributed by atoms with Crippen LogP contribution in [0.4, 0.5) is 0 Å². The minimum absolute atomic E-state index is 0.288. The number of hydrogen-bond acceptors (Lipinski definition) is 3. The number of nitrogens with one attached hydrogen (secondary N) is 2. The van der Waals surface area contributed by atoms with E-state index in [1.807, 2.05) is 12.1 Å². The van der Waals surface area contributed by atoms with E-state index in [1.165, 1.54) is 0 Å². The fourth-order valence-electron chi connectivity index (χ4n) is 2.23. The molecule has 0 bridgehead atoms. The minimum Gasteiger partial charge on any atom is -0.272 e. The van der Waals surface area contributed by atoms with Gasteiger partial charge in [-0.2, -0.15) is 10.2 Å². The molecule has 0 aliphatic rings. The van der Waals surface area contributed by atoms with Gasteiger partial charge < -0.3 is 0 Å². The van der Waals surface area contributed by atoms with E-state index in [4.69, 9.17) is 34.8 Å². The van der Waals surface area contributed by atoms with Gasteiger partial charge in [0.1, 0.15) is 5.69 Å². The van der Waals surface area contributed by atoms with Crippen LogP contribution in [0.3, 0.4) is 0 Å². The summed E-state index contributed by atoms with van der Waals surface area (Å²) in [5.41, 5.74) is 5.53. The average Bonchev–Trinajstić information content (AvgIpc) is 3.09. The molecule has 0 spiro atoms. The highest BCUT2D eigenvalue weighted by Crippen LogP contribution is 2.21. The Morgan fingerprint density at radius 3 is 2.31 bits per heavy atom.